The molecule has 0 bridgehead atoms. The van der Waals surface area contributed by atoms with Gasteiger partial charge in [-0.15, -0.1) is 0 Å². The zero-order valence-corrected chi connectivity index (χ0v) is 15.5. The van der Waals surface area contributed by atoms with Crippen molar-refractivity contribution < 1.29 is 0 Å². The van der Waals surface area contributed by atoms with Crippen molar-refractivity contribution in [3.8, 4) is 0 Å². The van der Waals surface area contributed by atoms with E-state index in [4.69, 9.17) is 0 Å². The van der Waals surface area contributed by atoms with Gasteiger partial charge in [0.1, 0.15) is 0 Å². The second kappa shape index (κ2) is 7.30. The van der Waals surface area contributed by atoms with Crippen LogP contribution in [0.2, 0.25) is 0 Å². The van der Waals surface area contributed by atoms with Crippen LogP contribution >= 0.6 is 22.6 Å². The van der Waals surface area contributed by atoms with Crippen molar-refractivity contribution in [2.45, 2.75) is 37.7 Å². The Morgan fingerprint density at radius 1 is 1.10 bits per heavy atom. The molecule has 112 valence electrons. The van der Waals surface area contributed by atoms with Crippen molar-refractivity contribution >= 4 is 28.3 Å². The Bertz CT molecular complexity index is 606. The summed E-state index contributed by atoms with van der Waals surface area (Å²) in [6, 6.07) is 15.5. The van der Waals surface area contributed by atoms with Crippen LogP contribution in [0.4, 0.5) is 5.69 Å². The molecule has 0 heterocycles. The molecule has 0 fully saturated rings. The summed E-state index contributed by atoms with van der Waals surface area (Å²) >= 11 is 2.55. The number of halogens is 1. The molecule has 0 aliphatic rings. The molecule has 0 amide bonds. The maximum Gasteiger partial charge on any atom is 0.0429 e. The van der Waals surface area contributed by atoms with Crippen LogP contribution in [0.5, 0.6) is 0 Å². The molecule has 21 heavy (non-hydrogen) atoms. The van der Waals surface area contributed by atoms with Gasteiger partial charge in [0.15, 0.2) is 0 Å². The van der Waals surface area contributed by atoms with Crippen LogP contribution in [-0.2, 0) is 6.54 Å². The summed E-state index contributed by atoms with van der Waals surface area (Å²) < 4.78 is 0.589. The van der Waals surface area contributed by atoms with Gasteiger partial charge in [-0.2, -0.15) is 0 Å². The number of alkyl halides is 1. The average Bonchev–Trinajstić information content (AvgIpc) is 2.49. The number of hydrogen-bond acceptors (Lipinski definition) is 1. The van der Waals surface area contributed by atoms with Gasteiger partial charge in [-0.3, -0.25) is 0 Å². The zero-order chi connectivity index (χ0) is 15.4. The topological polar surface area (TPSA) is 3.24 Å². The molecule has 0 saturated heterocycles. The summed E-state index contributed by atoms with van der Waals surface area (Å²) in [5.74, 6) is 0. The van der Waals surface area contributed by atoms with Crippen LogP contribution in [0.25, 0.3) is 0 Å². The van der Waals surface area contributed by atoms with Crippen molar-refractivity contribution in [3.63, 3.8) is 0 Å². The van der Waals surface area contributed by atoms with Gasteiger partial charge in [-0.05, 0) is 48.6 Å². The number of nitrogens with zero attached hydrogens (tertiary/aromatic N) is 1. The number of benzene rings is 2. The highest BCUT2D eigenvalue weighted by Crippen LogP contribution is 2.31. The third kappa shape index (κ3) is 4.00. The molecule has 0 aliphatic carbocycles. The lowest BCUT2D eigenvalue weighted by Gasteiger charge is -2.24. The Labute approximate surface area is 142 Å². The van der Waals surface area contributed by atoms with E-state index in [1.165, 1.54) is 34.4 Å². The molecule has 2 rings (SSSR count). The van der Waals surface area contributed by atoms with Gasteiger partial charge in [0, 0.05) is 23.2 Å². The first-order chi connectivity index (χ1) is 10.0. The molecule has 0 saturated carbocycles. The van der Waals surface area contributed by atoms with E-state index in [0.717, 1.165) is 6.54 Å². The molecule has 1 atom stereocenters. The van der Waals surface area contributed by atoms with Crippen LogP contribution in [0.15, 0.2) is 42.5 Å². The summed E-state index contributed by atoms with van der Waals surface area (Å²) in [7, 11) is 2.19. The predicted molar refractivity (Wildman–Crippen MR) is 102 cm³/mol. The highest BCUT2D eigenvalue weighted by molar-refractivity contribution is 14.1. The van der Waals surface area contributed by atoms with Gasteiger partial charge in [0.2, 0.25) is 0 Å². The number of hydrogen-bond donors (Lipinski definition) is 0. The van der Waals surface area contributed by atoms with Gasteiger partial charge in [0.05, 0.1) is 0 Å². The zero-order valence-electron chi connectivity index (χ0n) is 13.4. The van der Waals surface area contributed by atoms with Crippen LogP contribution in [0, 0.1) is 13.8 Å². The summed E-state index contributed by atoms with van der Waals surface area (Å²) in [5, 5.41) is 0. The minimum atomic E-state index is 0.589. The second-order valence-electron chi connectivity index (χ2n) is 5.72. The van der Waals surface area contributed by atoms with Gasteiger partial charge in [0.25, 0.3) is 0 Å². The third-order valence-electron chi connectivity index (χ3n) is 3.93. The highest BCUT2D eigenvalue weighted by Gasteiger charge is 2.12. The molecule has 0 aromatic heterocycles. The van der Waals surface area contributed by atoms with Gasteiger partial charge >= 0.3 is 0 Å². The standard InChI is InChI=1S/C19H24IN/c1-5-18(20)17-9-7-6-8-16(17)13-21(4)19-12-14(2)10-11-15(19)3/h6-12,18H,5,13H2,1-4H3. The number of rotatable bonds is 5. The monoisotopic (exact) mass is 393 g/mol. The Morgan fingerprint density at radius 3 is 2.52 bits per heavy atom. The summed E-state index contributed by atoms with van der Waals surface area (Å²) in [5.41, 5.74) is 6.88. The van der Waals surface area contributed by atoms with Gasteiger partial charge in [-0.1, -0.05) is 65.9 Å². The Morgan fingerprint density at radius 2 is 1.81 bits per heavy atom. The number of aryl methyl sites for hydroxylation is 2. The normalized spacial score (nSPS) is 12.2. The van der Waals surface area contributed by atoms with Crippen LogP contribution in [-0.4, -0.2) is 7.05 Å². The first kappa shape index (κ1) is 16.3. The highest BCUT2D eigenvalue weighted by atomic mass is 127. The van der Waals surface area contributed by atoms with Gasteiger partial charge in [-0.25, -0.2) is 0 Å². The van der Waals surface area contributed by atoms with E-state index < -0.39 is 0 Å². The lowest BCUT2D eigenvalue weighted by atomic mass is 10.0. The molecule has 0 spiro atoms. The lowest BCUT2D eigenvalue weighted by Crippen LogP contribution is -2.18. The molecule has 2 aromatic carbocycles. The van der Waals surface area contributed by atoms with E-state index in [1.54, 1.807) is 0 Å². The molecular weight excluding hydrogens is 369 g/mol. The van der Waals surface area contributed by atoms with Crippen molar-refractivity contribution in [2.75, 3.05) is 11.9 Å². The molecule has 1 unspecified atom stereocenters. The maximum atomic E-state index is 2.55. The van der Waals surface area contributed by atoms with Crippen LogP contribution in [0.3, 0.4) is 0 Å². The third-order valence-corrected chi connectivity index (χ3v) is 5.49. The fourth-order valence-electron chi connectivity index (χ4n) is 2.68. The lowest BCUT2D eigenvalue weighted by molar-refractivity contribution is 0.863. The van der Waals surface area contributed by atoms with Crippen molar-refractivity contribution in [2.24, 2.45) is 0 Å². The molecule has 2 aromatic rings. The summed E-state index contributed by atoms with van der Waals surface area (Å²) in [6.07, 6.45) is 1.17. The van der Waals surface area contributed by atoms with Crippen LogP contribution < -0.4 is 4.90 Å². The van der Waals surface area contributed by atoms with E-state index in [2.05, 4.69) is 97.8 Å². The van der Waals surface area contributed by atoms with Crippen molar-refractivity contribution in [1.29, 1.82) is 0 Å². The molecule has 0 N–H and O–H groups in total. The number of anilines is 1. The Hall–Kier alpha value is -1.03. The quantitative estimate of drug-likeness (QED) is 0.457. The fraction of sp³-hybridized carbons (Fsp3) is 0.368. The molecule has 2 heteroatoms. The minimum absolute atomic E-state index is 0.589. The van der Waals surface area contributed by atoms with E-state index >= 15 is 0 Å². The first-order valence-corrected chi connectivity index (χ1v) is 8.77. The SMILES string of the molecule is CCC(I)c1ccccc1CN(C)c1cc(C)ccc1C. The molecular formula is C19H24IN. The molecule has 0 aliphatic heterocycles. The van der Waals surface area contributed by atoms with E-state index in [-0.39, 0.29) is 0 Å². The molecule has 1 nitrogen and oxygen atoms in total. The Balaban J connectivity index is 2.27. The fourth-order valence-corrected chi connectivity index (χ4v) is 3.28. The van der Waals surface area contributed by atoms with E-state index in [0.29, 0.717) is 3.92 Å². The first-order valence-electron chi connectivity index (χ1n) is 7.53. The summed E-state index contributed by atoms with van der Waals surface area (Å²) in [4.78, 5) is 2.36. The van der Waals surface area contributed by atoms with Gasteiger partial charge < -0.3 is 4.90 Å². The second-order valence-corrected chi connectivity index (χ2v) is 7.22. The van der Waals surface area contributed by atoms with Crippen molar-refractivity contribution in [1.82, 2.24) is 0 Å². The van der Waals surface area contributed by atoms with E-state index in [1.807, 2.05) is 0 Å². The minimum Gasteiger partial charge on any atom is -0.370 e. The Kier molecular flexibility index (Phi) is 5.68. The molecule has 0 radical (unpaired) electrons. The predicted octanol–water partition coefficient (Wildman–Crippen LogP) is 5.83. The maximum absolute atomic E-state index is 2.55. The smallest absolute Gasteiger partial charge is 0.0429 e. The average molecular weight is 393 g/mol. The summed E-state index contributed by atoms with van der Waals surface area (Å²) in [6.45, 7) is 7.55. The van der Waals surface area contributed by atoms with Crippen molar-refractivity contribution in [3.05, 3.63) is 64.7 Å². The van der Waals surface area contributed by atoms with Crippen LogP contribution in [0.1, 0.15) is 39.5 Å². The largest absolute Gasteiger partial charge is 0.370 e. The van der Waals surface area contributed by atoms with E-state index in [9.17, 15) is 0 Å².